The van der Waals surface area contributed by atoms with Crippen molar-refractivity contribution in [2.75, 3.05) is 13.2 Å². The van der Waals surface area contributed by atoms with E-state index in [1.807, 2.05) is 126 Å². The molecule has 2 bridgehead atoms. The van der Waals surface area contributed by atoms with E-state index in [9.17, 15) is 14.4 Å². The monoisotopic (exact) mass is 572 g/mol. The SMILES string of the molecule is CCOC(=O)[C@H]1[C@H]2CC[C@@H](CN1C(=O)C(c1ccccc1)c1ccccc1)N2C(=O)C(c1ccccc1)c1ccccc1. The normalized spacial score (nSPS) is 19.5. The molecule has 0 spiro atoms. The summed E-state index contributed by atoms with van der Waals surface area (Å²) in [6.07, 6.45) is 1.34. The number of hydrogen-bond donors (Lipinski definition) is 0. The fourth-order valence-corrected chi connectivity index (χ4v) is 6.88. The lowest BCUT2D eigenvalue weighted by molar-refractivity contribution is -0.165. The van der Waals surface area contributed by atoms with Crippen LogP contribution >= 0.6 is 0 Å². The maximum absolute atomic E-state index is 14.6. The van der Waals surface area contributed by atoms with E-state index in [1.54, 1.807) is 11.8 Å². The molecule has 218 valence electrons. The van der Waals surface area contributed by atoms with E-state index >= 15 is 0 Å². The van der Waals surface area contributed by atoms with Crippen LogP contribution in [0.2, 0.25) is 0 Å². The number of piperazine rings is 1. The van der Waals surface area contributed by atoms with Gasteiger partial charge in [-0.1, -0.05) is 121 Å². The van der Waals surface area contributed by atoms with Gasteiger partial charge in [-0.2, -0.15) is 0 Å². The first-order valence-electron chi connectivity index (χ1n) is 15.1. The summed E-state index contributed by atoms with van der Waals surface area (Å²) in [4.78, 5) is 46.5. The third-order valence-electron chi connectivity index (χ3n) is 8.75. The molecule has 0 saturated carbocycles. The molecule has 0 aliphatic carbocycles. The molecular formula is C37H36N2O4. The van der Waals surface area contributed by atoms with E-state index < -0.39 is 29.9 Å². The fraction of sp³-hybridized carbons (Fsp3) is 0.270. The maximum Gasteiger partial charge on any atom is 0.331 e. The quantitative estimate of drug-likeness (QED) is 0.251. The molecule has 43 heavy (non-hydrogen) atoms. The largest absolute Gasteiger partial charge is 0.464 e. The Morgan fingerprint density at radius 1 is 0.651 bits per heavy atom. The highest BCUT2D eigenvalue weighted by molar-refractivity contribution is 5.94. The zero-order chi connectivity index (χ0) is 29.8. The Morgan fingerprint density at radius 3 is 1.49 bits per heavy atom. The van der Waals surface area contributed by atoms with Gasteiger partial charge >= 0.3 is 5.97 Å². The van der Waals surface area contributed by atoms with Crippen LogP contribution in [-0.4, -0.2) is 58.9 Å². The van der Waals surface area contributed by atoms with Crippen molar-refractivity contribution in [2.24, 2.45) is 0 Å². The lowest BCUT2D eigenvalue weighted by Crippen LogP contribution is -2.66. The highest BCUT2D eigenvalue weighted by atomic mass is 16.5. The summed E-state index contributed by atoms with van der Waals surface area (Å²) in [5.74, 6) is -1.76. The first kappa shape index (κ1) is 28.4. The van der Waals surface area contributed by atoms with Gasteiger partial charge in [0.2, 0.25) is 11.8 Å². The second kappa shape index (κ2) is 12.7. The first-order chi connectivity index (χ1) is 21.1. The lowest BCUT2D eigenvalue weighted by atomic mass is 9.87. The van der Waals surface area contributed by atoms with Crippen LogP contribution in [0.4, 0.5) is 0 Å². The molecule has 6 heteroatoms. The number of likely N-dealkylation sites (tertiary alicyclic amines) is 1. The summed E-state index contributed by atoms with van der Waals surface area (Å²) in [6, 6.07) is 37.4. The van der Waals surface area contributed by atoms with Crippen LogP contribution in [0, 0.1) is 0 Å². The van der Waals surface area contributed by atoms with Crippen LogP contribution in [-0.2, 0) is 19.1 Å². The molecule has 0 aromatic heterocycles. The molecule has 0 radical (unpaired) electrons. The van der Waals surface area contributed by atoms with Crippen molar-refractivity contribution >= 4 is 17.8 Å². The number of rotatable bonds is 8. The van der Waals surface area contributed by atoms with Crippen molar-refractivity contribution in [2.45, 2.75) is 49.7 Å². The predicted octanol–water partition coefficient (Wildman–Crippen LogP) is 5.78. The molecule has 2 amide bonds. The zero-order valence-electron chi connectivity index (χ0n) is 24.3. The summed E-state index contributed by atoms with van der Waals surface area (Å²) in [6.45, 7) is 2.24. The summed E-state index contributed by atoms with van der Waals surface area (Å²) < 4.78 is 5.59. The number of carbonyl (C=O) groups excluding carboxylic acids is 3. The minimum atomic E-state index is -0.891. The number of carbonyl (C=O) groups is 3. The number of ether oxygens (including phenoxy) is 1. The molecule has 4 aromatic carbocycles. The molecule has 3 atom stereocenters. The van der Waals surface area contributed by atoms with Crippen molar-refractivity contribution in [3.8, 4) is 0 Å². The minimum absolute atomic E-state index is 0.0473. The summed E-state index contributed by atoms with van der Waals surface area (Å²) >= 11 is 0. The van der Waals surface area contributed by atoms with E-state index in [-0.39, 0.29) is 31.0 Å². The van der Waals surface area contributed by atoms with Crippen LogP contribution in [0.25, 0.3) is 0 Å². The van der Waals surface area contributed by atoms with E-state index in [1.165, 1.54) is 0 Å². The first-order valence-corrected chi connectivity index (χ1v) is 15.1. The molecule has 2 saturated heterocycles. The van der Waals surface area contributed by atoms with Crippen molar-refractivity contribution < 1.29 is 19.1 Å². The van der Waals surface area contributed by atoms with Crippen LogP contribution in [0.3, 0.4) is 0 Å². The molecule has 6 rings (SSSR count). The smallest absolute Gasteiger partial charge is 0.331 e. The number of esters is 1. The van der Waals surface area contributed by atoms with Crippen molar-refractivity contribution in [1.29, 1.82) is 0 Å². The number of fused-ring (bicyclic) bond motifs is 2. The van der Waals surface area contributed by atoms with Gasteiger partial charge in [0.25, 0.3) is 0 Å². The van der Waals surface area contributed by atoms with Crippen molar-refractivity contribution in [3.05, 3.63) is 144 Å². The third-order valence-corrected chi connectivity index (χ3v) is 8.75. The Hall–Kier alpha value is -4.71. The highest BCUT2D eigenvalue weighted by Gasteiger charge is 2.54. The van der Waals surface area contributed by atoms with Crippen molar-refractivity contribution in [3.63, 3.8) is 0 Å². The predicted molar refractivity (Wildman–Crippen MR) is 165 cm³/mol. The summed E-state index contributed by atoms with van der Waals surface area (Å²) in [5.41, 5.74) is 3.52. The van der Waals surface area contributed by atoms with Gasteiger partial charge in [0.05, 0.1) is 24.5 Å². The molecule has 0 N–H and O–H groups in total. The van der Waals surface area contributed by atoms with E-state index in [4.69, 9.17) is 4.74 Å². The zero-order valence-corrected chi connectivity index (χ0v) is 24.3. The van der Waals surface area contributed by atoms with Crippen LogP contribution in [0.1, 0.15) is 53.9 Å². The van der Waals surface area contributed by atoms with Gasteiger partial charge in [0, 0.05) is 12.6 Å². The molecule has 2 aliphatic heterocycles. The van der Waals surface area contributed by atoms with Gasteiger partial charge in [-0.05, 0) is 42.0 Å². The standard InChI is InChI=1S/C37H36N2O4/c1-2-43-37(42)34-31-24-23-30(39(31)36(41)33(28-19-11-5-12-20-28)29-21-13-6-14-22-29)25-38(34)35(40)32(26-15-7-3-8-16-26)27-17-9-4-10-18-27/h3-22,30-34H,2,23-25H2,1H3/t30-,31+,34+/m0/s1. The molecule has 2 heterocycles. The van der Waals surface area contributed by atoms with Gasteiger partial charge in [-0.25, -0.2) is 4.79 Å². The number of hydrogen-bond acceptors (Lipinski definition) is 4. The molecular weight excluding hydrogens is 536 g/mol. The third kappa shape index (κ3) is 5.57. The Balaban J connectivity index is 1.39. The van der Waals surface area contributed by atoms with Gasteiger partial charge in [0.15, 0.2) is 0 Å². The Kier molecular flexibility index (Phi) is 8.36. The number of benzene rings is 4. The van der Waals surface area contributed by atoms with Gasteiger partial charge in [-0.15, -0.1) is 0 Å². The highest BCUT2D eigenvalue weighted by Crippen LogP contribution is 2.41. The molecule has 4 aromatic rings. The maximum atomic E-state index is 14.6. The average Bonchev–Trinajstić information content (AvgIpc) is 3.36. The second-order valence-corrected chi connectivity index (χ2v) is 11.2. The van der Waals surface area contributed by atoms with Gasteiger partial charge in [-0.3, -0.25) is 9.59 Å². The van der Waals surface area contributed by atoms with Gasteiger partial charge in [0.1, 0.15) is 6.04 Å². The van der Waals surface area contributed by atoms with E-state index in [0.717, 1.165) is 22.3 Å². The van der Waals surface area contributed by atoms with Crippen LogP contribution in [0.15, 0.2) is 121 Å². The topological polar surface area (TPSA) is 66.9 Å². The average molecular weight is 573 g/mol. The van der Waals surface area contributed by atoms with Gasteiger partial charge < -0.3 is 14.5 Å². The Bertz CT molecular complexity index is 1470. The Morgan fingerprint density at radius 2 is 1.07 bits per heavy atom. The second-order valence-electron chi connectivity index (χ2n) is 11.2. The molecule has 6 nitrogen and oxygen atoms in total. The van der Waals surface area contributed by atoms with E-state index in [2.05, 4.69) is 0 Å². The summed E-state index contributed by atoms with van der Waals surface area (Å²) in [5, 5.41) is 0. The number of amides is 2. The number of nitrogens with zero attached hydrogens (tertiary/aromatic N) is 2. The minimum Gasteiger partial charge on any atom is -0.464 e. The lowest BCUT2D eigenvalue weighted by Gasteiger charge is -2.47. The van der Waals surface area contributed by atoms with E-state index in [0.29, 0.717) is 12.8 Å². The van der Waals surface area contributed by atoms with Crippen LogP contribution in [0.5, 0.6) is 0 Å². The summed E-state index contributed by atoms with van der Waals surface area (Å²) in [7, 11) is 0. The van der Waals surface area contributed by atoms with Crippen molar-refractivity contribution in [1.82, 2.24) is 9.80 Å². The molecule has 2 fully saturated rings. The fourth-order valence-electron chi connectivity index (χ4n) is 6.88. The Labute approximate surface area is 252 Å². The molecule has 0 unspecified atom stereocenters. The van der Waals surface area contributed by atoms with Crippen LogP contribution < -0.4 is 0 Å². The molecule has 2 aliphatic rings.